The van der Waals surface area contributed by atoms with Crippen molar-refractivity contribution in [3.63, 3.8) is 0 Å². The largest absolute Gasteiger partial charge is 0.392 e. The minimum Gasteiger partial charge on any atom is -0.392 e. The third-order valence-electron chi connectivity index (χ3n) is 2.72. The van der Waals surface area contributed by atoms with E-state index in [1.807, 2.05) is 0 Å². The first-order chi connectivity index (χ1) is 8.57. The van der Waals surface area contributed by atoms with E-state index < -0.39 is 15.7 Å². The van der Waals surface area contributed by atoms with Gasteiger partial charge < -0.3 is 14.6 Å². The molecule has 0 saturated carbocycles. The zero-order chi connectivity index (χ0) is 13.2. The van der Waals surface area contributed by atoms with E-state index in [0.29, 0.717) is 11.1 Å². The van der Waals surface area contributed by atoms with Crippen LogP contribution in [0.2, 0.25) is 0 Å². The van der Waals surface area contributed by atoms with E-state index in [-0.39, 0.29) is 19.8 Å². The first-order valence-corrected chi connectivity index (χ1v) is 6.11. The topological polar surface area (TPSA) is 81.8 Å². The second-order valence-corrected chi connectivity index (χ2v) is 5.46. The summed E-state index contributed by atoms with van der Waals surface area (Å²) < 4.78 is 9.33. The highest BCUT2D eigenvalue weighted by atomic mass is 79.9. The van der Waals surface area contributed by atoms with Crippen LogP contribution in [0, 0.1) is 10.1 Å². The van der Waals surface area contributed by atoms with Crippen molar-refractivity contribution in [2.45, 2.75) is 17.3 Å². The van der Waals surface area contributed by atoms with Crippen molar-refractivity contribution in [3.05, 3.63) is 45.5 Å². The van der Waals surface area contributed by atoms with Gasteiger partial charge >= 0.3 is 4.45 Å². The molecule has 0 aromatic heterocycles. The van der Waals surface area contributed by atoms with Gasteiger partial charge in [0.25, 0.3) is 0 Å². The third kappa shape index (κ3) is 2.54. The van der Waals surface area contributed by atoms with Crippen molar-refractivity contribution in [1.82, 2.24) is 0 Å². The van der Waals surface area contributed by atoms with Gasteiger partial charge in [-0.05, 0) is 5.56 Å². The summed E-state index contributed by atoms with van der Waals surface area (Å²) in [7, 11) is 0. The Labute approximate surface area is 112 Å². The van der Waals surface area contributed by atoms with Crippen molar-refractivity contribution in [1.29, 1.82) is 0 Å². The molecular weight excluding hydrogens is 306 g/mol. The van der Waals surface area contributed by atoms with Gasteiger partial charge in [0.05, 0.1) is 6.61 Å². The Balaban J connectivity index is 2.12. The number of hydrogen-bond acceptors (Lipinski definition) is 5. The predicted molar refractivity (Wildman–Crippen MR) is 65.7 cm³/mol. The van der Waals surface area contributed by atoms with Gasteiger partial charge in [-0.15, -0.1) is 0 Å². The van der Waals surface area contributed by atoms with Crippen LogP contribution >= 0.6 is 15.9 Å². The summed E-state index contributed by atoms with van der Waals surface area (Å²) in [6.07, 6.45) is -0.682. The Hall–Kier alpha value is -1.02. The normalized spacial score (nSPS) is 28.0. The summed E-state index contributed by atoms with van der Waals surface area (Å²) in [5, 5.41) is 20.0. The summed E-state index contributed by atoms with van der Waals surface area (Å²) in [5.41, 5.74) is 1.38. The minimum atomic E-state index is -1.39. The Morgan fingerprint density at radius 3 is 2.61 bits per heavy atom. The van der Waals surface area contributed by atoms with Crippen molar-refractivity contribution >= 4 is 15.9 Å². The molecule has 1 saturated heterocycles. The van der Waals surface area contributed by atoms with Crippen LogP contribution in [0.25, 0.3) is 0 Å². The molecule has 1 heterocycles. The number of aliphatic hydroxyl groups excluding tert-OH is 1. The lowest BCUT2D eigenvalue weighted by Crippen LogP contribution is -2.46. The molecule has 1 aliphatic rings. The minimum absolute atomic E-state index is 0.0928. The summed E-state index contributed by atoms with van der Waals surface area (Å²) in [6.45, 7) is -0.317. The maximum Gasteiger partial charge on any atom is 0.320 e. The Kier molecular flexibility index (Phi) is 3.96. The smallest absolute Gasteiger partial charge is 0.320 e. The highest BCUT2D eigenvalue weighted by molar-refractivity contribution is 9.10. The fourth-order valence-corrected chi connectivity index (χ4v) is 1.95. The summed E-state index contributed by atoms with van der Waals surface area (Å²) in [4.78, 5) is 10.3. The van der Waals surface area contributed by atoms with E-state index in [1.54, 1.807) is 24.3 Å². The Morgan fingerprint density at radius 1 is 1.44 bits per heavy atom. The molecule has 7 heteroatoms. The van der Waals surface area contributed by atoms with Crippen molar-refractivity contribution in [2.24, 2.45) is 0 Å². The van der Waals surface area contributed by atoms with Gasteiger partial charge in [-0.2, -0.15) is 0 Å². The number of nitrogens with zero attached hydrogens (tertiary/aromatic N) is 1. The van der Waals surface area contributed by atoms with E-state index in [0.717, 1.165) is 0 Å². The van der Waals surface area contributed by atoms with Gasteiger partial charge in [0, 0.05) is 26.4 Å². The second-order valence-electron chi connectivity index (χ2n) is 3.99. The quantitative estimate of drug-likeness (QED) is 0.396. The lowest BCUT2D eigenvalue weighted by atomic mass is 10.1. The first kappa shape index (κ1) is 13.4. The molecule has 2 rings (SSSR count). The molecule has 1 aromatic carbocycles. The van der Waals surface area contributed by atoms with Crippen molar-refractivity contribution in [3.8, 4) is 0 Å². The number of aliphatic hydroxyl groups is 1. The number of rotatable bonds is 3. The summed E-state index contributed by atoms with van der Waals surface area (Å²) in [5.74, 6) is 0. The Bertz CT molecular complexity index is 445. The number of ether oxygens (including phenoxy) is 2. The average molecular weight is 318 g/mol. The number of benzene rings is 1. The summed E-state index contributed by atoms with van der Waals surface area (Å²) in [6, 6.07) is 7.11. The monoisotopic (exact) mass is 317 g/mol. The van der Waals surface area contributed by atoms with E-state index >= 15 is 0 Å². The number of nitro groups is 1. The number of alkyl halides is 1. The molecule has 1 aromatic rings. The molecule has 1 aliphatic heterocycles. The third-order valence-corrected chi connectivity index (χ3v) is 3.47. The Morgan fingerprint density at radius 2 is 2.06 bits per heavy atom. The van der Waals surface area contributed by atoms with Gasteiger partial charge in [0.2, 0.25) is 0 Å². The van der Waals surface area contributed by atoms with Crippen molar-refractivity contribution in [2.75, 3.05) is 13.2 Å². The molecule has 0 atom stereocenters. The molecule has 18 heavy (non-hydrogen) atoms. The first-order valence-electron chi connectivity index (χ1n) is 5.32. The summed E-state index contributed by atoms with van der Waals surface area (Å²) >= 11 is 3.00. The molecule has 98 valence electrons. The molecule has 0 spiro atoms. The molecular formula is C11H12BrNO5. The molecule has 0 amide bonds. The van der Waals surface area contributed by atoms with Crippen LogP contribution in [0.4, 0.5) is 0 Å². The molecule has 1 fully saturated rings. The fourth-order valence-electron chi connectivity index (χ4n) is 1.69. The lowest BCUT2D eigenvalue weighted by Gasteiger charge is -2.30. The number of hydrogen-bond donors (Lipinski definition) is 1. The van der Waals surface area contributed by atoms with E-state index in [4.69, 9.17) is 9.47 Å². The van der Waals surface area contributed by atoms with Gasteiger partial charge in [0.15, 0.2) is 6.29 Å². The molecule has 0 unspecified atom stereocenters. The molecule has 0 aliphatic carbocycles. The van der Waals surface area contributed by atoms with Crippen LogP contribution in [0.5, 0.6) is 0 Å². The van der Waals surface area contributed by atoms with Crippen molar-refractivity contribution < 1.29 is 19.5 Å². The van der Waals surface area contributed by atoms with Crippen LogP contribution in [0.15, 0.2) is 24.3 Å². The number of halogens is 1. The molecule has 0 radical (unpaired) electrons. The zero-order valence-corrected chi connectivity index (χ0v) is 11.0. The van der Waals surface area contributed by atoms with E-state index in [1.165, 1.54) is 0 Å². The fraction of sp³-hybridized carbons (Fsp3) is 0.455. The molecule has 1 N–H and O–H groups in total. The van der Waals surface area contributed by atoms with Crippen LogP contribution < -0.4 is 0 Å². The standard InChI is InChI=1S/C11H12BrNO5/c12-11(13(15)16)6-17-10(18-7-11)9-4-2-1-3-8(9)5-14/h1-4,10,14H,5-7H2. The van der Waals surface area contributed by atoms with E-state index in [2.05, 4.69) is 15.9 Å². The molecule has 0 bridgehead atoms. The van der Waals surface area contributed by atoms with Crippen LogP contribution in [-0.2, 0) is 16.1 Å². The van der Waals surface area contributed by atoms with Crippen LogP contribution in [0.3, 0.4) is 0 Å². The highest BCUT2D eigenvalue weighted by Gasteiger charge is 2.46. The molecule has 6 nitrogen and oxygen atoms in total. The highest BCUT2D eigenvalue weighted by Crippen LogP contribution is 2.33. The van der Waals surface area contributed by atoms with Crippen LogP contribution in [0.1, 0.15) is 17.4 Å². The lowest BCUT2D eigenvalue weighted by molar-refractivity contribution is -0.557. The average Bonchev–Trinajstić information content (AvgIpc) is 2.39. The maximum atomic E-state index is 10.8. The SMILES string of the molecule is O=[N+]([O-])C1(Br)COC(c2ccccc2CO)OC1. The van der Waals surface area contributed by atoms with Gasteiger partial charge in [-0.3, -0.25) is 10.1 Å². The maximum absolute atomic E-state index is 10.8. The van der Waals surface area contributed by atoms with E-state index in [9.17, 15) is 15.2 Å². The van der Waals surface area contributed by atoms with Gasteiger partial charge in [0.1, 0.15) is 13.2 Å². The van der Waals surface area contributed by atoms with Gasteiger partial charge in [-0.25, -0.2) is 0 Å². The predicted octanol–water partition coefficient (Wildman–Crippen LogP) is 1.59. The van der Waals surface area contributed by atoms with Crippen LogP contribution in [-0.4, -0.2) is 27.7 Å². The van der Waals surface area contributed by atoms with Gasteiger partial charge in [-0.1, -0.05) is 24.3 Å². The zero-order valence-electron chi connectivity index (χ0n) is 9.41. The second kappa shape index (κ2) is 5.31.